The molecule has 84 valence electrons. The number of hydrogen-bond acceptors (Lipinski definition) is 3. The summed E-state index contributed by atoms with van der Waals surface area (Å²) in [5, 5.41) is 9.15. The molecule has 0 amide bonds. The van der Waals surface area contributed by atoms with Gasteiger partial charge in [0.2, 0.25) is 0 Å². The van der Waals surface area contributed by atoms with E-state index in [9.17, 15) is 4.79 Å². The number of halogens is 2. The van der Waals surface area contributed by atoms with Crippen LogP contribution in [0.15, 0.2) is 12.1 Å². The summed E-state index contributed by atoms with van der Waals surface area (Å²) in [6.07, 6.45) is 0.0877. The first kappa shape index (κ1) is 12.8. The first-order chi connectivity index (χ1) is 7.62. The van der Waals surface area contributed by atoms with Crippen LogP contribution in [0, 0.1) is 11.3 Å². The zero-order chi connectivity index (χ0) is 12.1. The van der Waals surface area contributed by atoms with Gasteiger partial charge in [-0.3, -0.25) is 4.79 Å². The molecular weight excluding hydrogens is 249 g/mol. The minimum Gasteiger partial charge on any atom is -0.469 e. The summed E-state index contributed by atoms with van der Waals surface area (Å²) in [4.78, 5) is 11.2. The molecule has 0 aromatic heterocycles. The zero-order valence-corrected chi connectivity index (χ0v) is 10.1. The number of rotatable bonds is 3. The van der Waals surface area contributed by atoms with Crippen molar-refractivity contribution in [1.82, 2.24) is 0 Å². The highest BCUT2D eigenvalue weighted by Gasteiger charge is 2.11. The lowest BCUT2D eigenvalue weighted by Crippen LogP contribution is -2.07. The topological polar surface area (TPSA) is 50.1 Å². The molecule has 0 fully saturated rings. The second kappa shape index (κ2) is 5.74. The molecule has 0 atom stereocenters. The summed E-state index contributed by atoms with van der Waals surface area (Å²) >= 11 is 11.6. The molecule has 0 bridgehead atoms. The van der Waals surface area contributed by atoms with Gasteiger partial charge < -0.3 is 4.74 Å². The van der Waals surface area contributed by atoms with Crippen molar-refractivity contribution in [2.24, 2.45) is 0 Å². The fourth-order valence-corrected chi connectivity index (χ4v) is 1.74. The lowest BCUT2D eigenvalue weighted by Gasteiger charge is -2.07. The van der Waals surface area contributed by atoms with Gasteiger partial charge in [-0.1, -0.05) is 11.6 Å². The predicted molar refractivity (Wildman–Crippen MR) is 61.4 cm³/mol. The number of carbonyl (C=O) groups excluding carboxylic acids is 1. The smallest absolute Gasteiger partial charge is 0.309 e. The highest BCUT2D eigenvalue weighted by Crippen LogP contribution is 2.23. The largest absolute Gasteiger partial charge is 0.469 e. The van der Waals surface area contributed by atoms with E-state index in [1.165, 1.54) is 7.11 Å². The summed E-state index contributed by atoms with van der Waals surface area (Å²) in [6.45, 7) is 0. The number of ether oxygens (including phenoxy) is 1. The third-order valence-corrected chi connectivity index (χ3v) is 2.72. The summed E-state index contributed by atoms with van der Waals surface area (Å²) in [5.41, 5.74) is 1.73. The summed E-state index contributed by atoms with van der Waals surface area (Å²) in [6, 6.07) is 5.12. The maximum Gasteiger partial charge on any atom is 0.309 e. The Balaban J connectivity index is 3.15. The average Bonchev–Trinajstić information content (AvgIpc) is 2.30. The van der Waals surface area contributed by atoms with Gasteiger partial charge in [0.1, 0.15) is 6.07 Å². The van der Waals surface area contributed by atoms with Gasteiger partial charge in [0.05, 0.1) is 24.1 Å². The average molecular weight is 258 g/mol. The summed E-state index contributed by atoms with van der Waals surface area (Å²) in [7, 11) is 1.31. The standard InChI is InChI=1S/C11H9Cl2NO2/c1-16-11(15)4-7-2-9(6-14)10(13)3-8(7)5-12/h2-3H,4-5H2,1H3. The zero-order valence-electron chi connectivity index (χ0n) is 8.59. The van der Waals surface area contributed by atoms with Crippen molar-refractivity contribution in [3.63, 3.8) is 0 Å². The SMILES string of the molecule is COC(=O)Cc1cc(C#N)c(Cl)cc1CCl. The van der Waals surface area contributed by atoms with Gasteiger partial charge >= 0.3 is 5.97 Å². The Bertz CT molecular complexity index is 452. The quantitative estimate of drug-likeness (QED) is 0.618. The van der Waals surface area contributed by atoms with E-state index in [-0.39, 0.29) is 18.3 Å². The van der Waals surface area contributed by atoms with Crippen LogP contribution in [0.1, 0.15) is 16.7 Å². The van der Waals surface area contributed by atoms with Crippen LogP contribution in [-0.2, 0) is 21.8 Å². The maximum absolute atomic E-state index is 11.2. The number of nitriles is 1. The minimum atomic E-state index is -0.377. The second-order valence-corrected chi connectivity index (χ2v) is 3.77. The predicted octanol–water partition coefficient (Wildman–Crippen LogP) is 2.67. The first-order valence-corrected chi connectivity index (χ1v) is 5.37. The molecule has 0 radical (unpaired) electrons. The Morgan fingerprint density at radius 3 is 2.69 bits per heavy atom. The van der Waals surface area contributed by atoms with Crippen LogP contribution in [0.25, 0.3) is 0 Å². The van der Waals surface area contributed by atoms with Crippen molar-refractivity contribution >= 4 is 29.2 Å². The van der Waals surface area contributed by atoms with Crippen LogP contribution in [0.2, 0.25) is 5.02 Å². The van der Waals surface area contributed by atoms with Crippen LogP contribution in [0.3, 0.4) is 0 Å². The molecule has 0 saturated carbocycles. The lowest BCUT2D eigenvalue weighted by molar-refractivity contribution is -0.139. The molecule has 0 saturated heterocycles. The van der Waals surface area contributed by atoms with Crippen molar-refractivity contribution in [1.29, 1.82) is 5.26 Å². The molecule has 0 aliphatic heterocycles. The first-order valence-electron chi connectivity index (χ1n) is 4.46. The van der Waals surface area contributed by atoms with Crippen LogP contribution in [0.5, 0.6) is 0 Å². The molecule has 5 heteroatoms. The van der Waals surface area contributed by atoms with Crippen molar-refractivity contribution in [3.8, 4) is 6.07 Å². The number of esters is 1. The normalized spacial score (nSPS) is 9.62. The molecule has 0 heterocycles. The Hall–Kier alpha value is -1.24. The minimum absolute atomic E-state index is 0.0877. The fraction of sp³-hybridized carbons (Fsp3) is 0.273. The molecule has 0 N–H and O–H groups in total. The monoisotopic (exact) mass is 257 g/mol. The molecule has 0 aliphatic rings. The third kappa shape index (κ3) is 2.88. The Morgan fingerprint density at radius 2 is 2.19 bits per heavy atom. The molecule has 1 aromatic rings. The molecule has 0 aliphatic carbocycles. The summed E-state index contributed by atoms with van der Waals surface area (Å²) < 4.78 is 4.56. The highest BCUT2D eigenvalue weighted by molar-refractivity contribution is 6.32. The maximum atomic E-state index is 11.2. The fourth-order valence-electron chi connectivity index (χ4n) is 1.26. The third-order valence-electron chi connectivity index (χ3n) is 2.12. The van der Waals surface area contributed by atoms with E-state index >= 15 is 0 Å². The summed E-state index contributed by atoms with van der Waals surface area (Å²) in [5.74, 6) is -0.143. The van der Waals surface area contributed by atoms with Crippen molar-refractivity contribution in [3.05, 3.63) is 33.8 Å². The molecule has 3 nitrogen and oxygen atoms in total. The number of carbonyl (C=O) groups is 1. The number of hydrogen-bond donors (Lipinski definition) is 0. The van der Waals surface area contributed by atoms with Gasteiger partial charge in [0.25, 0.3) is 0 Å². The molecule has 0 unspecified atom stereocenters. The van der Waals surface area contributed by atoms with E-state index in [1.807, 2.05) is 6.07 Å². The van der Waals surface area contributed by atoms with E-state index in [2.05, 4.69) is 4.74 Å². The van der Waals surface area contributed by atoms with Crippen LogP contribution in [0.4, 0.5) is 0 Å². The molecule has 1 aromatic carbocycles. The van der Waals surface area contributed by atoms with Crippen LogP contribution in [-0.4, -0.2) is 13.1 Å². The molecular formula is C11H9Cl2NO2. The number of alkyl halides is 1. The van der Waals surface area contributed by atoms with E-state index in [0.29, 0.717) is 16.1 Å². The number of nitrogens with zero attached hydrogens (tertiary/aromatic N) is 1. The van der Waals surface area contributed by atoms with E-state index in [0.717, 1.165) is 5.56 Å². The molecule has 16 heavy (non-hydrogen) atoms. The highest BCUT2D eigenvalue weighted by atomic mass is 35.5. The van der Waals surface area contributed by atoms with Crippen LogP contribution < -0.4 is 0 Å². The van der Waals surface area contributed by atoms with Crippen LogP contribution >= 0.6 is 23.2 Å². The van der Waals surface area contributed by atoms with E-state index in [1.54, 1.807) is 12.1 Å². The van der Waals surface area contributed by atoms with Gasteiger partial charge in [-0.15, -0.1) is 11.6 Å². The lowest BCUT2D eigenvalue weighted by atomic mass is 10.0. The number of benzene rings is 1. The Morgan fingerprint density at radius 1 is 1.50 bits per heavy atom. The van der Waals surface area contributed by atoms with Gasteiger partial charge in [-0.25, -0.2) is 0 Å². The van der Waals surface area contributed by atoms with Crippen molar-refractivity contribution in [2.45, 2.75) is 12.3 Å². The van der Waals surface area contributed by atoms with Gasteiger partial charge in [-0.2, -0.15) is 5.26 Å². The van der Waals surface area contributed by atoms with E-state index < -0.39 is 0 Å². The second-order valence-electron chi connectivity index (χ2n) is 3.10. The Kier molecular flexibility index (Phi) is 4.60. The van der Waals surface area contributed by atoms with Crippen molar-refractivity contribution in [2.75, 3.05) is 7.11 Å². The molecule has 1 rings (SSSR count). The Labute approximate surface area is 104 Å². The number of methoxy groups -OCH3 is 1. The molecule has 0 spiro atoms. The van der Waals surface area contributed by atoms with Crippen molar-refractivity contribution < 1.29 is 9.53 Å². The van der Waals surface area contributed by atoms with E-state index in [4.69, 9.17) is 28.5 Å². The van der Waals surface area contributed by atoms with Gasteiger partial charge in [0.15, 0.2) is 0 Å². The van der Waals surface area contributed by atoms with Gasteiger partial charge in [0, 0.05) is 5.88 Å². The van der Waals surface area contributed by atoms with Gasteiger partial charge in [-0.05, 0) is 23.3 Å².